The molecule has 5 nitrogen and oxygen atoms in total. The molecule has 0 unspecified atom stereocenters. The third kappa shape index (κ3) is 4.31. The van der Waals surface area contributed by atoms with Crippen molar-refractivity contribution >= 4 is 32.8 Å². The van der Waals surface area contributed by atoms with E-state index in [9.17, 15) is 13.2 Å². The average Bonchev–Trinajstić information content (AvgIpc) is 3.12. The van der Waals surface area contributed by atoms with Crippen LogP contribution in [0, 0.1) is 6.92 Å². The fourth-order valence-electron chi connectivity index (χ4n) is 2.83. The number of thiazole rings is 1. The van der Waals surface area contributed by atoms with Crippen LogP contribution >= 0.6 is 11.3 Å². The maximum atomic E-state index is 13.1. The van der Waals surface area contributed by atoms with Crippen molar-refractivity contribution in [2.75, 3.05) is 11.2 Å². The van der Waals surface area contributed by atoms with Crippen molar-refractivity contribution in [2.45, 2.75) is 31.7 Å². The molecule has 0 spiro atoms. The molecule has 0 saturated carbocycles. The molecule has 1 aromatic heterocycles. The maximum Gasteiger partial charge on any atom is 0.277 e. The van der Waals surface area contributed by atoms with Crippen molar-refractivity contribution in [1.29, 1.82) is 0 Å². The molecule has 0 aliphatic rings. The number of hydrogen-bond acceptors (Lipinski definition) is 5. The van der Waals surface area contributed by atoms with E-state index in [1.165, 1.54) is 29.0 Å². The zero-order valence-corrected chi connectivity index (χ0v) is 17.8. The molecule has 1 amide bonds. The van der Waals surface area contributed by atoms with Crippen LogP contribution in [0.4, 0.5) is 5.69 Å². The number of benzene rings is 2. The van der Waals surface area contributed by atoms with E-state index < -0.39 is 9.84 Å². The van der Waals surface area contributed by atoms with Gasteiger partial charge in [0, 0.05) is 28.9 Å². The Kier molecular flexibility index (Phi) is 5.67. The van der Waals surface area contributed by atoms with Gasteiger partial charge in [-0.05, 0) is 45.0 Å². The minimum atomic E-state index is -3.28. The summed E-state index contributed by atoms with van der Waals surface area (Å²) in [6, 6.07) is 14.3. The number of aryl methyl sites for hydroxylation is 1. The van der Waals surface area contributed by atoms with Crippen molar-refractivity contribution in [3.05, 3.63) is 65.2 Å². The monoisotopic (exact) mass is 414 g/mol. The van der Waals surface area contributed by atoms with Gasteiger partial charge in [-0.25, -0.2) is 13.4 Å². The second-order valence-electron chi connectivity index (χ2n) is 6.94. The topological polar surface area (TPSA) is 67.3 Å². The number of rotatable bonds is 5. The van der Waals surface area contributed by atoms with Gasteiger partial charge in [-0.1, -0.05) is 29.8 Å². The molecule has 1 heterocycles. The number of nitrogens with zero attached hydrogens (tertiary/aromatic N) is 2. The van der Waals surface area contributed by atoms with Crippen LogP contribution < -0.4 is 4.90 Å². The molecular formula is C21H22N2O3S2. The van der Waals surface area contributed by atoms with E-state index in [0.717, 1.165) is 16.8 Å². The second kappa shape index (κ2) is 7.85. The molecular weight excluding hydrogens is 392 g/mol. The van der Waals surface area contributed by atoms with Crippen molar-refractivity contribution in [2.24, 2.45) is 0 Å². The lowest BCUT2D eigenvalue weighted by molar-refractivity contribution is 0.0976. The molecule has 3 rings (SSSR count). The Morgan fingerprint density at radius 1 is 1.04 bits per heavy atom. The van der Waals surface area contributed by atoms with Crippen molar-refractivity contribution < 1.29 is 13.2 Å². The summed E-state index contributed by atoms with van der Waals surface area (Å²) in [5.74, 6) is -0.211. The standard InChI is InChI=1S/C21H22N2O3S2/c1-14(2)23(17-9-11-18(12-10-17)28(4,25)26)21(24)19-13-27-20(22-19)16-7-5-15(3)6-8-16/h5-14H,1-4H3. The summed E-state index contributed by atoms with van der Waals surface area (Å²) in [7, 11) is -3.28. The van der Waals surface area contributed by atoms with Crippen molar-refractivity contribution in [3.8, 4) is 10.6 Å². The highest BCUT2D eigenvalue weighted by atomic mass is 32.2. The van der Waals surface area contributed by atoms with Gasteiger partial charge in [-0.15, -0.1) is 11.3 Å². The van der Waals surface area contributed by atoms with Crippen LogP contribution in [0.15, 0.2) is 58.8 Å². The third-order valence-corrected chi connectivity index (χ3v) is 6.32. The Hall–Kier alpha value is -2.51. The summed E-state index contributed by atoms with van der Waals surface area (Å²) in [4.78, 5) is 19.5. The van der Waals surface area contributed by atoms with Gasteiger partial charge in [0.1, 0.15) is 10.7 Å². The molecule has 0 saturated heterocycles. The Morgan fingerprint density at radius 2 is 1.64 bits per heavy atom. The van der Waals surface area contributed by atoms with Gasteiger partial charge >= 0.3 is 0 Å². The molecule has 146 valence electrons. The highest BCUT2D eigenvalue weighted by molar-refractivity contribution is 7.90. The molecule has 0 bridgehead atoms. The minimum absolute atomic E-state index is 0.110. The fourth-order valence-corrected chi connectivity index (χ4v) is 4.26. The van der Waals surface area contributed by atoms with Crippen LogP contribution in [0.2, 0.25) is 0 Å². The van der Waals surface area contributed by atoms with Gasteiger partial charge in [0.15, 0.2) is 9.84 Å². The highest BCUT2D eigenvalue weighted by Gasteiger charge is 2.23. The quantitative estimate of drug-likeness (QED) is 0.613. The smallest absolute Gasteiger partial charge is 0.277 e. The fraction of sp³-hybridized carbons (Fsp3) is 0.238. The molecule has 0 atom stereocenters. The first-order chi connectivity index (χ1) is 13.2. The number of carbonyl (C=O) groups is 1. The number of sulfone groups is 1. The predicted molar refractivity (Wildman–Crippen MR) is 114 cm³/mol. The van der Waals surface area contributed by atoms with E-state index in [1.807, 2.05) is 45.0 Å². The van der Waals surface area contributed by atoms with Crippen molar-refractivity contribution in [1.82, 2.24) is 4.98 Å². The lowest BCUT2D eigenvalue weighted by atomic mass is 10.2. The zero-order valence-electron chi connectivity index (χ0n) is 16.2. The first kappa shape index (κ1) is 20.2. The number of anilines is 1. The van der Waals surface area contributed by atoms with Crippen LogP contribution in [0.3, 0.4) is 0 Å². The van der Waals surface area contributed by atoms with Crippen molar-refractivity contribution in [3.63, 3.8) is 0 Å². The molecule has 0 aliphatic carbocycles. The van der Waals surface area contributed by atoms with Crippen LogP contribution in [0.25, 0.3) is 10.6 Å². The van der Waals surface area contributed by atoms with Crippen LogP contribution in [0.1, 0.15) is 29.9 Å². The summed E-state index contributed by atoms with van der Waals surface area (Å²) in [5, 5.41) is 2.55. The summed E-state index contributed by atoms with van der Waals surface area (Å²) >= 11 is 1.43. The summed E-state index contributed by atoms with van der Waals surface area (Å²) in [6.07, 6.45) is 1.16. The third-order valence-electron chi connectivity index (χ3n) is 4.30. The number of aromatic nitrogens is 1. The largest absolute Gasteiger partial charge is 0.305 e. The van der Waals surface area contributed by atoms with E-state index in [1.54, 1.807) is 22.4 Å². The average molecular weight is 415 g/mol. The predicted octanol–water partition coefficient (Wildman–Crippen LogP) is 4.58. The van der Waals surface area contributed by atoms with Gasteiger partial charge in [0.25, 0.3) is 5.91 Å². The molecule has 2 aromatic carbocycles. The number of carbonyl (C=O) groups excluding carboxylic acids is 1. The van der Waals surface area contributed by atoms with E-state index >= 15 is 0 Å². The van der Waals surface area contributed by atoms with Crippen LogP contribution in [-0.4, -0.2) is 31.6 Å². The molecule has 7 heteroatoms. The van der Waals surface area contributed by atoms with Gasteiger partial charge in [-0.2, -0.15) is 0 Å². The zero-order chi connectivity index (χ0) is 20.5. The molecule has 0 N–H and O–H groups in total. The van der Waals surface area contributed by atoms with Gasteiger partial charge in [0.05, 0.1) is 4.90 Å². The number of amides is 1. The normalized spacial score (nSPS) is 11.6. The summed E-state index contributed by atoms with van der Waals surface area (Å²) < 4.78 is 23.3. The minimum Gasteiger partial charge on any atom is -0.305 e. The SMILES string of the molecule is Cc1ccc(-c2nc(C(=O)N(c3ccc(S(C)(=O)=O)cc3)C(C)C)cs2)cc1. The van der Waals surface area contributed by atoms with E-state index in [-0.39, 0.29) is 16.8 Å². The molecule has 0 aliphatic heterocycles. The Morgan fingerprint density at radius 3 is 2.18 bits per heavy atom. The van der Waals surface area contributed by atoms with Crippen LogP contribution in [-0.2, 0) is 9.84 Å². The highest BCUT2D eigenvalue weighted by Crippen LogP contribution is 2.27. The summed E-state index contributed by atoms with van der Waals surface area (Å²) in [6.45, 7) is 5.85. The van der Waals surface area contributed by atoms with Gasteiger partial charge in [-0.3, -0.25) is 4.79 Å². The van der Waals surface area contributed by atoms with Crippen LogP contribution in [0.5, 0.6) is 0 Å². The van der Waals surface area contributed by atoms with E-state index in [0.29, 0.717) is 11.4 Å². The Labute approximate surface area is 169 Å². The Balaban J connectivity index is 1.91. The molecule has 28 heavy (non-hydrogen) atoms. The Bertz CT molecular complexity index is 1080. The molecule has 0 fully saturated rings. The molecule has 0 radical (unpaired) electrons. The lowest BCUT2D eigenvalue weighted by Crippen LogP contribution is -2.37. The lowest BCUT2D eigenvalue weighted by Gasteiger charge is -2.26. The van der Waals surface area contributed by atoms with Gasteiger partial charge in [0.2, 0.25) is 0 Å². The van der Waals surface area contributed by atoms with E-state index in [2.05, 4.69) is 4.98 Å². The number of hydrogen-bond donors (Lipinski definition) is 0. The summed E-state index contributed by atoms with van der Waals surface area (Å²) in [5.41, 5.74) is 3.15. The first-order valence-corrected chi connectivity index (χ1v) is 11.6. The van der Waals surface area contributed by atoms with Gasteiger partial charge < -0.3 is 4.90 Å². The van der Waals surface area contributed by atoms with E-state index in [4.69, 9.17) is 0 Å². The molecule has 3 aromatic rings. The maximum absolute atomic E-state index is 13.1. The first-order valence-electron chi connectivity index (χ1n) is 8.83. The second-order valence-corrected chi connectivity index (χ2v) is 9.81.